The van der Waals surface area contributed by atoms with Crippen LogP contribution in [0.1, 0.15) is 38.1 Å². The van der Waals surface area contributed by atoms with Crippen molar-refractivity contribution in [3.63, 3.8) is 0 Å². The highest BCUT2D eigenvalue weighted by Crippen LogP contribution is 2.36. The van der Waals surface area contributed by atoms with Crippen LogP contribution in [0.15, 0.2) is 71.7 Å². The van der Waals surface area contributed by atoms with Crippen molar-refractivity contribution in [2.45, 2.75) is 33.1 Å². The first-order chi connectivity index (χ1) is 15.3. The van der Waals surface area contributed by atoms with Crippen LogP contribution >= 0.6 is 11.3 Å². The molecule has 6 heteroatoms. The molecule has 5 nitrogen and oxygen atoms in total. The second kappa shape index (κ2) is 8.63. The topological polar surface area (TPSA) is 58.6 Å². The van der Waals surface area contributed by atoms with Crippen molar-refractivity contribution in [2.75, 3.05) is 16.8 Å². The second-order valence-corrected chi connectivity index (χ2v) is 9.50. The Morgan fingerprint density at radius 2 is 1.72 bits per heavy atom. The Hall–Kier alpha value is -3.38. The fraction of sp³-hybridized carbons (Fsp3) is 0.231. The summed E-state index contributed by atoms with van der Waals surface area (Å²) in [6, 6.07) is 18.7. The van der Waals surface area contributed by atoms with E-state index in [1.807, 2.05) is 73.0 Å². The third kappa shape index (κ3) is 4.18. The van der Waals surface area contributed by atoms with E-state index in [1.165, 1.54) is 16.2 Å². The number of ether oxygens (including phenoxy) is 1. The number of hydrogen-bond donors (Lipinski definition) is 1. The fourth-order valence-corrected chi connectivity index (χ4v) is 4.38. The summed E-state index contributed by atoms with van der Waals surface area (Å²) in [7, 11) is 0. The Balaban J connectivity index is 1.72. The average molecular weight is 447 g/mol. The molecule has 1 aromatic heterocycles. The molecule has 2 amide bonds. The van der Waals surface area contributed by atoms with E-state index < -0.39 is 0 Å². The molecular weight excluding hydrogens is 420 g/mol. The summed E-state index contributed by atoms with van der Waals surface area (Å²) in [5, 5.41) is 5.08. The van der Waals surface area contributed by atoms with E-state index in [0.29, 0.717) is 29.3 Å². The molecule has 2 heterocycles. The molecule has 0 atom stereocenters. The van der Waals surface area contributed by atoms with Crippen molar-refractivity contribution in [3.05, 3.63) is 82.2 Å². The largest absolute Gasteiger partial charge is 0.494 e. The van der Waals surface area contributed by atoms with Gasteiger partial charge in [0.25, 0.3) is 11.8 Å². The highest BCUT2D eigenvalue weighted by atomic mass is 32.1. The van der Waals surface area contributed by atoms with Crippen molar-refractivity contribution in [3.8, 4) is 5.75 Å². The Kier molecular flexibility index (Phi) is 5.89. The number of anilines is 2. The van der Waals surface area contributed by atoms with Crippen LogP contribution in [0.5, 0.6) is 5.75 Å². The Morgan fingerprint density at radius 3 is 2.34 bits per heavy atom. The van der Waals surface area contributed by atoms with Crippen LogP contribution in [0.4, 0.5) is 11.4 Å². The normalized spacial score (nSPS) is 14.3. The van der Waals surface area contributed by atoms with Crippen molar-refractivity contribution >= 4 is 40.1 Å². The van der Waals surface area contributed by atoms with E-state index in [1.54, 1.807) is 0 Å². The lowest BCUT2D eigenvalue weighted by atomic mass is 9.87. The van der Waals surface area contributed by atoms with Gasteiger partial charge in [-0.1, -0.05) is 45.0 Å². The van der Waals surface area contributed by atoms with E-state index in [9.17, 15) is 9.59 Å². The SMILES string of the molecule is CCOc1cccc(NC2=C(c3cccs3)C(=O)N(c3ccc(C(C)(C)C)cc3)C2=O)c1. The third-order valence-electron chi connectivity index (χ3n) is 5.26. The summed E-state index contributed by atoms with van der Waals surface area (Å²) in [5.41, 5.74) is 3.01. The van der Waals surface area contributed by atoms with Gasteiger partial charge in [-0.15, -0.1) is 11.3 Å². The van der Waals surface area contributed by atoms with Crippen molar-refractivity contribution < 1.29 is 14.3 Å². The first-order valence-electron chi connectivity index (χ1n) is 10.6. The van der Waals surface area contributed by atoms with Gasteiger partial charge in [0.1, 0.15) is 11.4 Å². The molecule has 1 aliphatic heterocycles. The molecule has 2 aromatic carbocycles. The van der Waals surface area contributed by atoms with Gasteiger partial charge in [-0.3, -0.25) is 9.59 Å². The lowest BCUT2D eigenvalue weighted by Gasteiger charge is -2.21. The molecule has 3 aromatic rings. The van der Waals surface area contributed by atoms with Gasteiger partial charge in [-0.05, 0) is 53.6 Å². The van der Waals surface area contributed by atoms with Gasteiger partial charge in [-0.25, -0.2) is 4.90 Å². The number of rotatable bonds is 6. The monoisotopic (exact) mass is 446 g/mol. The second-order valence-electron chi connectivity index (χ2n) is 8.56. The lowest BCUT2D eigenvalue weighted by molar-refractivity contribution is -0.120. The number of carbonyl (C=O) groups excluding carboxylic acids is 2. The molecule has 0 radical (unpaired) electrons. The molecule has 0 saturated heterocycles. The minimum absolute atomic E-state index is 0.0176. The Morgan fingerprint density at radius 1 is 0.969 bits per heavy atom. The van der Waals surface area contributed by atoms with E-state index in [2.05, 4.69) is 26.1 Å². The number of thiophene rings is 1. The maximum absolute atomic E-state index is 13.5. The maximum atomic E-state index is 13.5. The summed E-state index contributed by atoms with van der Waals surface area (Å²) < 4.78 is 5.57. The smallest absolute Gasteiger partial charge is 0.282 e. The van der Waals surface area contributed by atoms with Gasteiger partial charge >= 0.3 is 0 Å². The van der Waals surface area contributed by atoms with Crippen LogP contribution < -0.4 is 15.0 Å². The maximum Gasteiger partial charge on any atom is 0.282 e. The highest BCUT2D eigenvalue weighted by Gasteiger charge is 2.40. The first-order valence-corrected chi connectivity index (χ1v) is 11.4. The Labute approximate surface area is 192 Å². The quantitative estimate of drug-likeness (QED) is 0.483. The molecule has 0 fully saturated rings. The van der Waals surface area contributed by atoms with Crippen molar-refractivity contribution in [2.24, 2.45) is 0 Å². The number of nitrogens with zero attached hydrogens (tertiary/aromatic N) is 1. The fourth-order valence-electron chi connectivity index (χ4n) is 3.61. The minimum atomic E-state index is -0.372. The predicted octanol–water partition coefficient (Wildman–Crippen LogP) is 5.84. The molecule has 1 N–H and O–H groups in total. The molecule has 164 valence electrons. The number of amides is 2. The van der Waals surface area contributed by atoms with Gasteiger partial charge in [0.15, 0.2) is 0 Å². The van der Waals surface area contributed by atoms with Crippen molar-refractivity contribution in [1.29, 1.82) is 0 Å². The summed E-state index contributed by atoms with van der Waals surface area (Å²) in [6.07, 6.45) is 0. The highest BCUT2D eigenvalue weighted by molar-refractivity contribution is 7.11. The number of benzene rings is 2. The summed E-state index contributed by atoms with van der Waals surface area (Å²) in [5.74, 6) is -0.00434. The van der Waals surface area contributed by atoms with Crippen LogP contribution in [0.3, 0.4) is 0 Å². The van der Waals surface area contributed by atoms with E-state index in [4.69, 9.17) is 4.74 Å². The zero-order valence-electron chi connectivity index (χ0n) is 18.6. The Bertz CT molecular complexity index is 1170. The van der Waals surface area contributed by atoms with Gasteiger partial charge < -0.3 is 10.1 Å². The van der Waals surface area contributed by atoms with Gasteiger partial charge in [-0.2, -0.15) is 0 Å². The predicted molar refractivity (Wildman–Crippen MR) is 130 cm³/mol. The van der Waals surface area contributed by atoms with Crippen LogP contribution in [0.25, 0.3) is 5.57 Å². The van der Waals surface area contributed by atoms with Crippen LogP contribution in [0.2, 0.25) is 0 Å². The van der Waals surface area contributed by atoms with Crippen molar-refractivity contribution in [1.82, 2.24) is 0 Å². The zero-order valence-corrected chi connectivity index (χ0v) is 19.5. The summed E-state index contributed by atoms with van der Waals surface area (Å²) in [6.45, 7) is 8.84. The number of hydrogen-bond acceptors (Lipinski definition) is 5. The molecule has 0 bridgehead atoms. The molecule has 32 heavy (non-hydrogen) atoms. The molecule has 0 saturated carbocycles. The molecule has 1 aliphatic rings. The number of imide groups is 1. The van der Waals surface area contributed by atoms with Gasteiger partial charge in [0, 0.05) is 16.6 Å². The van der Waals surface area contributed by atoms with Crippen LogP contribution in [-0.2, 0) is 15.0 Å². The average Bonchev–Trinajstić information content (AvgIpc) is 3.35. The number of nitrogens with one attached hydrogen (secondary N) is 1. The van der Waals surface area contributed by atoms with Gasteiger partial charge in [0.05, 0.1) is 17.9 Å². The zero-order chi connectivity index (χ0) is 22.9. The molecule has 0 spiro atoms. The van der Waals surface area contributed by atoms with E-state index >= 15 is 0 Å². The molecule has 4 rings (SSSR count). The van der Waals surface area contributed by atoms with Gasteiger partial charge in [0.2, 0.25) is 0 Å². The molecule has 0 unspecified atom stereocenters. The molecule has 0 aliphatic carbocycles. The third-order valence-corrected chi connectivity index (χ3v) is 6.14. The van der Waals surface area contributed by atoms with E-state index in [-0.39, 0.29) is 22.9 Å². The van der Waals surface area contributed by atoms with E-state index in [0.717, 1.165) is 10.4 Å². The first kappa shape index (κ1) is 21.8. The molecular formula is C26H26N2O3S. The van der Waals surface area contributed by atoms with Crippen LogP contribution in [-0.4, -0.2) is 18.4 Å². The minimum Gasteiger partial charge on any atom is -0.494 e. The lowest BCUT2D eigenvalue weighted by Crippen LogP contribution is -2.32. The standard InChI is InChI=1S/C26H26N2O3S/c1-5-31-20-9-6-8-18(16-20)27-23-22(21-10-7-15-32-21)24(29)28(25(23)30)19-13-11-17(12-14-19)26(2,3)4/h6-16,27H,5H2,1-4H3. The summed E-state index contributed by atoms with van der Waals surface area (Å²) in [4.78, 5) is 28.9. The number of carbonyl (C=O) groups is 2. The summed E-state index contributed by atoms with van der Waals surface area (Å²) >= 11 is 1.43. The van der Waals surface area contributed by atoms with Crippen LogP contribution in [0, 0.1) is 0 Å².